The van der Waals surface area contributed by atoms with Crippen LogP contribution in [0.25, 0.3) is 0 Å². The summed E-state index contributed by atoms with van der Waals surface area (Å²) in [6, 6.07) is 2.72. The number of aromatic hydroxyl groups is 1. The van der Waals surface area contributed by atoms with E-state index in [1.807, 2.05) is 0 Å². The zero-order chi connectivity index (χ0) is 9.30. The van der Waals surface area contributed by atoms with Crippen LogP contribution in [0, 0.1) is 0 Å². The Kier molecular flexibility index (Phi) is 2.10. The molecule has 0 aromatic heterocycles. The maximum atomic E-state index is 10.6. The van der Waals surface area contributed by atoms with E-state index in [4.69, 9.17) is 23.1 Å². The predicted molar refractivity (Wildman–Crippen MR) is 46.0 cm³/mol. The van der Waals surface area contributed by atoms with Gasteiger partial charge < -0.3 is 16.6 Å². The summed E-state index contributed by atoms with van der Waals surface area (Å²) in [4.78, 5) is 10.6. The summed E-state index contributed by atoms with van der Waals surface area (Å²) in [5, 5.41) is 9.19. The van der Waals surface area contributed by atoms with Crippen molar-refractivity contribution in [1.29, 1.82) is 0 Å². The van der Waals surface area contributed by atoms with Gasteiger partial charge in [0.2, 0.25) is 0 Å². The Morgan fingerprint density at radius 3 is 2.58 bits per heavy atom. The van der Waals surface area contributed by atoms with E-state index in [2.05, 4.69) is 0 Å². The standard InChI is InChI=1S/C7H7ClN2O2/c8-5-4(9)2-1-3(6(5)11)7(10)12/h1-2,11H,9H2,(H2,10,12). The van der Waals surface area contributed by atoms with Crippen molar-refractivity contribution in [2.75, 3.05) is 5.73 Å². The Bertz CT molecular complexity index is 338. The van der Waals surface area contributed by atoms with Crippen molar-refractivity contribution in [2.45, 2.75) is 0 Å². The Morgan fingerprint density at radius 2 is 2.08 bits per heavy atom. The fraction of sp³-hybridized carbons (Fsp3) is 0. The number of nitrogen functional groups attached to an aromatic ring is 1. The first-order valence-corrected chi connectivity index (χ1v) is 3.48. The van der Waals surface area contributed by atoms with Crippen LogP contribution < -0.4 is 11.5 Å². The van der Waals surface area contributed by atoms with Crippen LogP contribution in [0.5, 0.6) is 5.75 Å². The number of amides is 1. The first-order chi connectivity index (χ1) is 5.54. The summed E-state index contributed by atoms with van der Waals surface area (Å²) in [6.45, 7) is 0. The van der Waals surface area contributed by atoms with E-state index in [-0.39, 0.29) is 22.0 Å². The third-order valence-electron chi connectivity index (χ3n) is 1.41. The zero-order valence-electron chi connectivity index (χ0n) is 6.04. The van der Waals surface area contributed by atoms with Gasteiger partial charge in [-0.1, -0.05) is 11.6 Å². The number of rotatable bonds is 1. The molecule has 0 radical (unpaired) electrons. The molecule has 4 nitrogen and oxygen atoms in total. The van der Waals surface area contributed by atoms with E-state index in [0.29, 0.717) is 0 Å². The maximum Gasteiger partial charge on any atom is 0.252 e. The first kappa shape index (κ1) is 8.67. The van der Waals surface area contributed by atoms with E-state index >= 15 is 0 Å². The molecule has 0 heterocycles. The Hall–Kier alpha value is -1.42. The molecule has 0 saturated heterocycles. The molecule has 0 atom stereocenters. The zero-order valence-corrected chi connectivity index (χ0v) is 6.80. The molecular weight excluding hydrogens is 180 g/mol. The second-order valence-electron chi connectivity index (χ2n) is 2.23. The van der Waals surface area contributed by atoms with Crippen LogP contribution in [0.4, 0.5) is 5.69 Å². The summed E-state index contributed by atoms with van der Waals surface area (Å²) in [6.07, 6.45) is 0. The third kappa shape index (κ3) is 1.29. The number of benzene rings is 1. The average Bonchev–Trinajstić information content (AvgIpc) is 2.00. The molecule has 0 bridgehead atoms. The molecule has 64 valence electrons. The lowest BCUT2D eigenvalue weighted by Gasteiger charge is -2.03. The van der Waals surface area contributed by atoms with Gasteiger partial charge in [0.25, 0.3) is 5.91 Å². The van der Waals surface area contributed by atoms with Crippen LogP contribution in [0.2, 0.25) is 5.02 Å². The highest BCUT2D eigenvalue weighted by molar-refractivity contribution is 6.35. The van der Waals surface area contributed by atoms with E-state index in [0.717, 1.165) is 0 Å². The normalized spacial score (nSPS) is 9.75. The largest absolute Gasteiger partial charge is 0.505 e. The second-order valence-corrected chi connectivity index (χ2v) is 2.61. The minimum atomic E-state index is -0.741. The number of hydrogen-bond donors (Lipinski definition) is 3. The maximum absolute atomic E-state index is 10.6. The van der Waals surface area contributed by atoms with E-state index in [1.54, 1.807) is 0 Å². The minimum Gasteiger partial charge on any atom is -0.505 e. The summed E-state index contributed by atoms with van der Waals surface area (Å²) in [7, 11) is 0. The average molecular weight is 187 g/mol. The van der Waals surface area contributed by atoms with Gasteiger partial charge in [0.15, 0.2) is 0 Å². The number of hydrogen-bond acceptors (Lipinski definition) is 3. The summed E-state index contributed by atoms with van der Waals surface area (Å²) < 4.78 is 0. The van der Waals surface area contributed by atoms with Gasteiger partial charge in [0.1, 0.15) is 10.8 Å². The molecule has 1 aromatic carbocycles. The lowest BCUT2D eigenvalue weighted by atomic mass is 10.2. The molecular formula is C7H7ClN2O2. The van der Waals surface area contributed by atoms with Crippen molar-refractivity contribution in [3.05, 3.63) is 22.7 Å². The highest BCUT2D eigenvalue weighted by Gasteiger charge is 2.12. The van der Waals surface area contributed by atoms with Crippen molar-refractivity contribution >= 4 is 23.2 Å². The predicted octanol–water partition coefficient (Wildman–Crippen LogP) is 0.727. The van der Waals surface area contributed by atoms with Crippen LogP contribution in [-0.2, 0) is 0 Å². The molecule has 0 saturated carbocycles. The highest BCUT2D eigenvalue weighted by Crippen LogP contribution is 2.32. The fourth-order valence-corrected chi connectivity index (χ4v) is 0.944. The van der Waals surface area contributed by atoms with Crippen LogP contribution in [0.3, 0.4) is 0 Å². The molecule has 0 aliphatic rings. The summed E-state index contributed by atoms with van der Waals surface area (Å²) >= 11 is 5.54. The number of primary amides is 1. The number of carbonyl (C=O) groups is 1. The molecule has 1 rings (SSSR count). The van der Waals surface area contributed by atoms with E-state index < -0.39 is 5.91 Å². The Labute approximate surface area is 73.7 Å². The fourth-order valence-electron chi connectivity index (χ4n) is 0.779. The minimum absolute atomic E-state index is 0.0331. The van der Waals surface area contributed by atoms with Gasteiger partial charge >= 0.3 is 0 Å². The van der Waals surface area contributed by atoms with Gasteiger partial charge in [-0.2, -0.15) is 0 Å². The van der Waals surface area contributed by atoms with E-state index in [1.165, 1.54) is 12.1 Å². The molecule has 0 unspecified atom stereocenters. The lowest BCUT2D eigenvalue weighted by Crippen LogP contribution is -2.11. The first-order valence-electron chi connectivity index (χ1n) is 3.10. The molecule has 0 aliphatic heterocycles. The van der Waals surface area contributed by atoms with Crippen molar-refractivity contribution in [3.63, 3.8) is 0 Å². The van der Waals surface area contributed by atoms with Gasteiger partial charge in [0, 0.05) is 0 Å². The Morgan fingerprint density at radius 1 is 1.50 bits per heavy atom. The monoisotopic (exact) mass is 186 g/mol. The topological polar surface area (TPSA) is 89.3 Å². The number of phenols is 1. The third-order valence-corrected chi connectivity index (χ3v) is 1.81. The van der Waals surface area contributed by atoms with E-state index in [9.17, 15) is 9.90 Å². The van der Waals surface area contributed by atoms with Gasteiger partial charge in [0.05, 0.1) is 11.3 Å². The molecule has 12 heavy (non-hydrogen) atoms. The lowest BCUT2D eigenvalue weighted by molar-refractivity contribution is 0.0998. The van der Waals surface area contributed by atoms with Gasteiger partial charge in [-0.25, -0.2) is 0 Å². The SMILES string of the molecule is NC(=O)c1ccc(N)c(Cl)c1O. The van der Waals surface area contributed by atoms with Crippen molar-refractivity contribution in [2.24, 2.45) is 5.73 Å². The Balaban J connectivity index is 3.36. The van der Waals surface area contributed by atoms with Crippen LogP contribution in [0.15, 0.2) is 12.1 Å². The molecule has 5 N–H and O–H groups in total. The van der Waals surface area contributed by atoms with Crippen LogP contribution in [0.1, 0.15) is 10.4 Å². The smallest absolute Gasteiger partial charge is 0.252 e. The number of anilines is 1. The molecule has 5 heteroatoms. The molecule has 0 aliphatic carbocycles. The van der Waals surface area contributed by atoms with Crippen molar-refractivity contribution < 1.29 is 9.90 Å². The molecule has 1 aromatic rings. The summed E-state index contributed by atoms with van der Waals surface area (Å²) in [5.41, 5.74) is 10.5. The van der Waals surface area contributed by atoms with Crippen molar-refractivity contribution in [1.82, 2.24) is 0 Å². The highest BCUT2D eigenvalue weighted by atomic mass is 35.5. The van der Waals surface area contributed by atoms with Gasteiger partial charge in [-0.3, -0.25) is 4.79 Å². The quantitative estimate of drug-likeness (QED) is 0.565. The molecule has 1 amide bonds. The van der Waals surface area contributed by atoms with Crippen molar-refractivity contribution in [3.8, 4) is 5.75 Å². The number of halogens is 1. The van der Waals surface area contributed by atoms with Crippen LogP contribution in [-0.4, -0.2) is 11.0 Å². The number of carbonyl (C=O) groups excluding carboxylic acids is 1. The summed E-state index contributed by atoms with van der Waals surface area (Å²) in [5.74, 6) is -1.11. The van der Waals surface area contributed by atoms with Crippen LogP contribution >= 0.6 is 11.6 Å². The second kappa shape index (κ2) is 2.91. The van der Waals surface area contributed by atoms with Gasteiger partial charge in [-0.15, -0.1) is 0 Å². The van der Waals surface area contributed by atoms with Gasteiger partial charge in [-0.05, 0) is 12.1 Å². The number of nitrogens with two attached hydrogens (primary N) is 2. The molecule has 0 spiro atoms. The molecule has 0 fully saturated rings.